The minimum Gasteiger partial charge on any atom is -0.497 e. The van der Waals surface area contributed by atoms with Crippen LogP contribution in [-0.2, 0) is 4.79 Å². The minimum absolute atomic E-state index is 0.0868. The summed E-state index contributed by atoms with van der Waals surface area (Å²) in [5, 5.41) is 2.92. The highest BCUT2D eigenvalue weighted by Crippen LogP contribution is 2.24. The van der Waals surface area contributed by atoms with Gasteiger partial charge in [0, 0.05) is 22.4 Å². The maximum Gasteiger partial charge on any atom is 0.224 e. The molecule has 1 N–H and O–H groups in total. The van der Waals surface area contributed by atoms with Crippen LogP contribution in [0.15, 0.2) is 77.7 Å². The van der Waals surface area contributed by atoms with Crippen LogP contribution in [0.3, 0.4) is 0 Å². The molecule has 0 saturated carbocycles. The molecular weight excluding hydrogens is 394 g/mol. The van der Waals surface area contributed by atoms with E-state index in [1.807, 2.05) is 61.5 Å². The Morgan fingerprint density at radius 1 is 0.967 bits per heavy atom. The Hall–Kier alpha value is -3.05. The van der Waals surface area contributed by atoms with E-state index >= 15 is 0 Å². The summed E-state index contributed by atoms with van der Waals surface area (Å²) in [6, 6.07) is 22.5. The van der Waals surface area contributed by atoms with Crippen molar-refractivity contribution < 1.29 is 14.3 Å². The van der Waals surface area contributed by atoms with Gasteiger partial charge in [0.05, 0.1) is 12.8 Å². The molecule has 1 amide bonds. The van der Waals surface area contributed by atoms with Crippen LogP contribution in [0.2, 0.25) is 0 Å². The largest absolute Gasteiger partial charge is 0.497 e. The molecule has 4 nitrogen and oxygen atoms in total. The molecule has 3 aromatic rings. The first-order valence-corrected chi connectivity index (χ1v) is 10.8. The highest BCUT2D eigenvalue weighted by molar-refractivity contribution is 7.99. The number of nitrogens with one attached hydrogen (secondary N) is 1. The zero-order valence-electron chi connectivity index (χ0n) is 17.2. The van der Waals surface area contributed by atoms with Crippen LogP contribution in [0.5, 0.6) is 5.75 Å². The van der Waals surface area contributed by atoms with Crippen molar-refractivity contribution in [1.29, 1.82) is 0 Å². The van der Waals surface area contributed by atoms with E-state index in [1.54, 1.807) is 37.1 Å². The second-order valence-electron chi connectivity index (χ2n) is 6.92. The summed E-state index contributed by atoms with van der Waals surface area (Å²) in [6.45, 7) is 1.93. The number of amides is 1. The molecule has 0 aliphatic carbocycles. The Morgan fingerprint density at radius 3 is 2.40 bits per heavy atom. The molecule has 0 heterocycles. The van der Waals surface area contributed by atoms with Gasteiger partial charge in [-0.1, -0.05) is 42.0 Å². The number of methoxy groups -OCH3 is 1. The lowest BCUT2D eigenvalue weighted by Crippen LogP contribution is -2.15. The van der Waals surface area contributed by atoms with Crippen LogP contribution >= 0.6 is 11.8 Å². The highest BCUT2D eigenvalue weighted by Gasteiger charge is 2.15. The average Bonchev–Trinajstić information content (AvgIpc) is 2.78. The molecule has 0 radical (unpaired) electrons. The smallest absolute Gasteiger partial charge is 0.224 e. The molecular formula is C25H25NO3S. The Bertz CT molecular complexity index is 1000. The van der Waals surface area contributed by atoms with Gasteiger partial charge < -0.3 is 10.1 Å². The number of carbonyl (C=O) groups excluding carboxylic acids is 2. The van der Waals surface area contributed by atoms with E-state index in [4.69, 9.17) is 4.74 Å². The first-order valence-electron chi connectivity index (χ1n) is 9.84. The molecule has 30 heavy (non-hydrogen) atoms. The predicted molar refractivity (Wildman–Crippen MR) is 123 cm³/mol. The standard InChI is InChI=1S/C25H25NO3S/c1-18-10-15-23(22(17-18)25(28)19-7-4-3-5-8-19)26-24(27)9-6-16-30-21-13-11-20(29-2)12-14-21/h3-5,7-8,10-15,17H,6,9,16H2,1-2H3,(H,26,27). The van der Waals surface area contributed by atoms with E-state index in [9.17, 15) is 9.59 Å². The number of ether oxygens (including phenoxy) is 1. The van der Waals surface area contributed by atoms with E-state index in [2.05, 4.69) is 5.32 Å². The van der Waals surface area contributed by atoms with Crippen molar-refractivity contribution in [3.8, 4) is 5.75 Å². The average molecular weight is 420 g/mol. The van der Waals surface area contributed by atoms with Crippen LogP contribution in [0.25, 0.3) is 0 Å². The Kier molecular flexibility index (Phi) is 7.69. The fourth-order valence-electron chi connectivity index (χ4n) is 3.01. The third-order valence-electron chi connectivity index (χ3n) is 4.61. The summed E-state index contributed by atoms with van der Waals surface area (Å²) in [5.41, 5.74) is 2.65. The second-order valence-corrected chi connectivity index (χ2v) is 8.09. The summed E-state index contributed by atoms with van der Waals surface area (Å²) < 4.78 is 5.16. The molecule has 0 aliphatic rings. The lowest BCUT2D eigenvalue weighted by atomic mass is 9.99. The molecule has 0 bridgehead atoms. The minimum atomic E-state index is -0.0929. The van der Waals surface area contributed by atoms with Crippen molar-refractivity contribution in [3.63, 3.8) is 0 Å². The fraction of sp³-hybridized carbons (Fsp3) is 0.200. The molecule has 3 aromatic carbocycles. The molecule has 0 saturated heterocycles. The van der Waals surface area contributed by atoms with Gasteiger partial charge in [-0.2, -0.15) is 0 Å². The lowest BCUT2D eigenvalue weighted by Gasteiger charge is -2.12. The summed E-state index contributed by atoms with van der Waals surface area (Å²) in [6.07, 6.45) is 1.15. The van der Waals surface area contributed by atoms with Crippen molar-refractivity contribution in [2.45, 2.75) is 24.7 Å². The summed E-state index contributed by atoms with van der Waals surface area (Å²) in [4.78, 5) is 26.5. The number of hydrogen-bond donors (Lipinski definition) is 1. The first kappa shape index (κ1) is 21.7. The SMILES string of the molecule is COc1ccc(SCCCC(=O)Nc2ccc(C)cc2C(=O)c2ccccc2)cc1. The van der Waals surface area contributed by atoms with Crippen LogP contribution in [0.4, 0.5) is 5.69 Å². The van der Waals surface area contributed by atoms with Crippen molar-refractivity contribution >= 4 is 29.1 Å². The molecule has 154 valence electrons. The number of aryl methyl sites for hydroxylation is 1. The summed E-state index contributed by atoms with van der Waals surface area (Å²) >= 11 is 1.71. The van der Waals surface area contributed by atoms with E-state index in [0.717, 1.165) is 28.4 Å². The summed E-state index contributed by atoms with van der Waals surface area (Å²) in [7, 11) is 1.65. The quantitative estimate of drug-likeness (QED) is 0.273. The number of anilines is 1. The maximum absolute atomic E-state index is 12.9. The Balaban J connectivity index is 1.56. The van der Waals surface area contributed by atoms with Crippen LogP contribution in [0, 0.1) is 6.92 Å². The van der Waals surface area contributed by atoms with E-state index in [-0.39, 0.29) is 11.7 Å². The number of carbonyl (C=O) groups is 2. The molecule has 0 aliphatic heterocycles. The van der Waals surface area contributed by atoms with Gasteiger partial charge in [0.25, 0.3) is 0 Å². The van der Waals surface area contributed by atoms with Crippen molar-refractivity contribution in [2.24, 2.45) is 0 Å². The number of rotatable bonds is 9. The van der Waals surface area contributed by atoms with Gasteiger partial charge in [-0.05, 0) is 55.5 Å². The van der Waals surface area contributed by atoms with Gasteiger partial charge in [-0.25, -0.2) is 0 Å². The van der Waals surface area contributed by atoms with Gasteiger partial charge in [0.1, 0.15) is 5.75 Å². The molecule has 5 heteroatoms. The second kappa shape index (κ2) is 10.6. The van der Waals surface area contributed by atoms with Crippen molar-refractivity contribution in [3.05, 3.63) is 89.5 Å². The molecule has 0 spiro atoms. The van der Waals surface area contributed by atoms with Crippen LogP contribution in [0.1, 0.15) is 34.3 Å². The number of benzene rings is 3. The fourth-order valence-corrected chi connectivity index (χ4v) is 3.86. The number of ketones is 1. The number of hydrogen-bond acceptors (Lipinski definition) is 4. The Labute approximate surface area is 181 Å². The molecule has 3 rings (SSSR count). The first-order chi connectivity index (χ1) is 14.6. The third kappa shape index (κ3) is 5.97. The lowest BCUT2D eigenvalue weighted by molar-refractivity contribution is -0.116. The van der Waals surface area contributed by atoms with Gasteiger partial charge >= 0.3 is 0 Å². The van der Waals surface area contributed by atoms with Crippen molar-refractivity contribution in [2.75, 3.05) is 18.2 Å². The van der Waals surface area contributed by atoms with Crippen LogP contribution in [-0.4, -0.2) is 24.6 Å². The van der Waals surface area contributed by atoms with Crippen LogP contribution < -0.4 is 10.1 Å². The maximum atomic E-state index is 12.9. The monoisotopic (exact) mass is 419 g/mol. The highest BCUT2D eigenvalue weighted by atomic mass is 32.2. The molecule has 0 atom stereocenters. The topological polar surface area (TPSA) is 55.4 Å². The van der Waals surface area contributed by atoms with Gasteiger partial charge in [0.15, 0.2) is 5.78 Å². The van der Waals surface area contributed by atoms with E-state index in [0.29, 0.717) is 23.2 Å². The Morgan fingerprint density at radius 2 is 1.70 bits per heavy atom. The van der Waals surface area contributed by atoms with E-state index in [1.165, 1.54) is 0 Å². The zero-order valence-corrected chi connectivity index (χ0v) is 18.0. The van der Waals surface area contributed by atoms with E-state index < -0.39 is 0 Å². The number of thioether (sulfide) groups is 1. The third-order valence-corrected chi connectivity index (χ3v) is 5.70. The zero-order chi connectivity index (χ0) is 21.3. The van der Waals surface area contributed by atoms with Gasteiger partial charge in [0.2, 0.25) is 5.91 Å². The van der Waals surface area contributed by atoms with Crippen molar-refractivity contribution in [1.82, 2.24) is 0 Å². The van der Waals surface area contributed by atoms with Gasteiger partial charge in [-0.3, -0.25) is 9.59 Å². The molecule has 0 aromatic heterocycles. The van der Waals surface area contributed by atoms with Gasteiger partial charge in [-0.15, -0.1) is 11.8 Å². The summed E-state index contributed by atoms with van der Waals surface area (Å²) in [5.74, 6) is 1.49. The normalized spacial score (nSPS) is 10.5. The molecule has 0 unspecified atom stereocenters. The molecule has 0 fully saturated rings. The predicted octanol–water partition coefficient (Wildman–Crippen LogP) is 5.75.